The number of nitrogens with zero attached hydrogens (tertiary/aromatic N) is 2. The van der Waals surface area contributed by atoms with Crippen LogP contribution in [0.1, 0.15) is 10.5 Å². The van der Waals surface area contributed by atoms with Gasteiger partial charge in [0.2, 0.25) is 0 Å². The molecule has 0 unspecified atom stereocenters. The van der Waals surface area contributed by atoms with Crippen LogP contribution in [0.3, 0.4) is 0 Å². The first-order valence-electron chi connectivity index (χ1n) is 6.43. The molecule has 0 saturated heterocycles. The standard InChI is InChI=1S/C15H11FN4O2/c16-11-9-10(20-8-2-1-3-14(20)21)4-5-12(11)18-15(22)13-6-7-17-19-13/h1-9H,(H,17,19)(H,18,22). The molecule has 2 heterocycles. The van der Waals surface area contributed by atoms with E-state index >= 15 is 0 Å². The van der Waals surface area contributed by atoms with Crippen LogP contribution in [-0.2, 0) is 0 Å². The van der Waals surface area contributed by atoms with Crippen LogP contribution < -0.4 is 10.9 Å². The lowest BCUT2D eigenvalue weighted by Crippen LogP contribution is -2.17. The molecule has 0 saturated carbocycles. The van der Waals surface area contributed by atoms with E-state index in [9.17, 15) is 14.0 Å². The summed E-state index contributed by atoms with van der Waals surface area (Å²) in [6.07, 6.45) is 2.97. The average Bonchev–Trinajstić information content (AvgIpc) is 3.04. The van der Waals surface area contributed by atoms with Gasteiger partial charge in [-0.25, -0.2) is 4.39 Å². The van der Waals surface area contributed by atoms with Crippen LogP contribution in [0, 0.1) is 5.82 Å². The number of hydrogen-bond donors (Lipinski definition) is 2. The molecule has 0 aliphatic carbocycles. The van der Waals surface area contributed by atoms with Crippen LogP contribution in [0.4, 0.5) is 10.1 Å². The number of anilines is 1. The third-order valence-electron chi connectivity index (χ3n) is 3.05. The Kier molecular flexibility index (Phi) is 3.53. The molecular formula is C15H11FN4O2. The molecule has 7 heteroatoms. The summed E-state index contributed by atoms with van der Waals surface area (Å²) in [5, 5.41) is 8.58. The molecule has 1 aromatic carbocycles. The molecule has 2 aromatic heterocycles. The normalized spacial score (nSPS) is 10.4. The highest BCUT2D eigenvalue weighted by Crippen LogP contribution is 2.18. The van der Waals surface area contributed by atoms with E-state index in [-0.39, 0.29) is 16.9 Å². The molecule has 110 valence electrons. The number of halogens is 1. The minimum Gasteiger partial charge on any atom is -0.318 e. The smallest absolute Gasteiger partial charge is 0.273 e. The van der Waals surface area contributed by atoms with Crippen molar-refractivity contribution < 1.29 is 9.18 Å². The third kappa shape index (κ3) is 2.64. The van der Waals surface area contributed by atoms with Gasteiger partial charge in [-0.3, -0.25) is 19.3 Å². The Bertz CT molecular complexity index is 871. The van der Waals surface area contributed by atoms with Crippen molar-refractivity contribution >= 4 is 11.6 Å². The van der Waals surface area contributed by atoms with E-state index in [0.29, 0.717) is 5.69 Å². The highest BCUT2D eigenvalue weighted by molar-refractivity contribution is 6.02. The van der Waals surface area contributed by atoms with Crippen molar-refractivity contribution in [1.29, 1.82) is 0 Å². The van der Waals surface area contributed by atoms with Gasteiger partial charge < -0.3 is 5.32 Å². The molecule has 3 rings (SSSR count). The van der Waals surface area contributed by atoms with Gasteiger partial charge in [0.1, 0.15) is 11.5 Å². The van der Waals surface area contributed by atoms with Gasteiger partial charge in [0.25, 0.3) is 11.5 Å². The topological polar surface area (TPSA) is 79.8 Å². The molecule has 6 nitrogen and oxygen atoms in total. The van der Waals surface area contributed by atoms with Crippen molar-refractivity contribution in [2.24, 2.45) is 0 Å². The summed E-state index contributed by atoms with van der Waals surface area (Å²) < 4.78 is 15.4. The summed E-state index contributed by atoms with van der Waals surface area (Å²) in [6, 6.07) is 10.3. The van der Waals surface area contributed by atoms with E-state index in [1.165, 1.54) is 35.0 Å². The predicted molar refractivity (Wildman–Crippen MR) is 78.5 cm³/mol. The van der Waals surface area contributed by atoms with Crippen molar-refractivity contribution in [3.8, 4) is 5.69 Å². The Morgan fingerprint density at radius 1 is 1.23 bits per heavy atom. The van der Waals surface area contributed by atoms with Crippen LogP contribution in [0.15, 0.2) is 59.7 Å². The van der Waals surface area contributed by atoms with Crippen LogP contribution in [-0.4, -0.2) is 20.7 Å². The van der Waals surface area contributed by atoms with Crippen molar-refractivity contribution in [3.05, 3.63) is 76.7 Å². The van der Waals surface area contributed by atoms with Gasteiger partial charge in [0, 0.05) is 24.5 Å². The molecule has 0 aliphatic heterocycles. The minimum atomic E-state index is -0.638. The minimum absolute atomic E-state index is 0.0207. The highest BCUT2D eigenvalue weighted by Gasteiger charge is 2.11. The molecule has 0 aliphatic rings. The maximum Gasteiger partial charge on any atom is 0.273 e. The molecule has 0 radical (unpaired) electrons. The number of H-pyrrole nitrogens is 1. The SMILES string of the molecule is O=C(Nc1ccc(-n2ccccc2=O)cc1F)c1ccn[nH]1. The van der Waals surface area contributed by atoms with E-state index < -0.39 is 11.7 Å². The Balaban J connectivity index is 1.89. The van der Waals surface area contributed by atoms with Crippen LogP contribution in [0.25, 0.3) is 5.69 Å². The molecule has 0 atom stereocenters. The zero-order valence-electron chi connectivity index (χ0n) is 11.3. The largest absolute Gasteiger partial charge is 0.318 e. The molecule has 3 aromatic rings. The van der Waals surface area contributed by atoms with E-state index in [4.69, 9.17) is 0 Å². The van der Waals surface area contributed by atoms with Crippen LogP contribution in [0.5, 0.6) is 0 Å². The van der Waals surface area contributed by atoms with E-state index in [1.54, 1.807) is 24.4 Å². The van der Waals surface area contributed by atoms with Crippen molar-refractivity contribution in [2.75, 3.05) is 5.32 Å². The van der Waals surface area contributed by atoms with Gasteiger partial charge >= 0.3 is 0 Å². The van der Waals surface area contributed by atoms with Crippen molar-refractivity contribution in [2.45, 2.75) is 0 Å². The lowest BCUT2D eigenvalue weighted by Gasteiger charge is -2.09. The first-order valence-corrected chi connectivity index (χ1v) is 6.43. The molecule has 1 amide bonds. The summed E-state index contributed by atoms with van der Waals surface area (Å²) in [7, 11) is 0. The zero-order chi connectivity index (χ0) is 15.5. The average molecular weight is 298 g/mol. The van der Waals surface area contributed by atoms with Gasteiger partial charge in [-0.1, -0.05) is 6.07 Å². The van der Waals surface area contributed by atoms with E-state index in [1.807, 2.05) is 0 Å². The van der Waals surface area contributed by atoms with E-state index in [2.05, 4.69) is 15.5 Å². The van der Waals surface area contributed by atoms with Gasteiger partial charge in [-0.05, 0) is 24.3 Å². The Morgan fingerprint density at radius 2 is 2.09 bits per heavy atom. The second-order valence-electron chi connectivity index (χ2n) is 4.50. The monoisotopic (exact) mass is 298 g/mol. The number of amides is 1. The molecule has 22 heavy (non-hydrogen) atoms. The second kappa shape index (κ2) is 5.65. The molecule has 2 N–H and O–H groups in total. The summed E-state index contributed by atoms with van der Waals surface area (Å²) in [5.74, 6) is -1.14. The molecule has 0 fully saturated rings. The maximum absolute atomic E-state index is 14.1. The molecule has 0 spiro atoms. The number of aromatic amines is 1. The fraction of sp³-hybridized carbons (Fsp3) is 0. The summed E-state index contributed by atoms with van der Waals surface area (Å²) in [5.41, 5.74) is 0.355. The van der Waals surface area contributed by atoms with Crippen LogP contribution >= 0.6 is 0 Å². The van der Waals surface area contributed by atoms with E-state index in [0.717, 1.165) is 0 Å². The fourth-order valence-corrected chi connectivity index (χ4v) is 1.97. The number of aromatic nitrogens is 3. The Hall–Kier alpha value is -3.22. The number of nitrogens with one attached hydrogen (secondary N) is 2. The summed E-state index contributed by atoms with van der Waals surface area (Å²) in [6.45, 7) is 0. The fourth-order valence-electron chi connectivity index (χ4n) is 1.97. The van der Waals surface area contributed by atoms with Crippen molar-refractivity contribution in [3.63, 3.8) is 0 Å². The number of carbonyl (C=O) groups is 1. The highest BCUT2D eigenvalue weighted by atomic mass is 19.1. The van der Waals surface area contributed by atoms with Gasteiger partial charge in [-0.15, -0.1) is 0 Å². The number of rotatable bonds is 3. The third-order valence-corrected chi connectivity index (χ3v) is 3.05. The second-order valence-corrected chi connectivity index (χ2v) is 4.50. The lowest BCUT2D eigenvalue weighted by molar-refractivity contribution is 0.102. The quantitative estimate of drug-likeness (QED) is 0.775. The number of benzene rings is 1. The molecule has 0 bridgehead atoms. The first kappa shape index (κ1) is 13.7. The van der Waals surface area contributed by atoms with Gasteiger partial charge in [0.15, 0.2) is 0 Å². The summed E-state index contributed by atoms with van der Waals surface area (Å²) >= 11 is 0. The lowest BCUT2D eigenvalue weighted by atomic mass is 10.2. The number of pyridine rings is 1. The maximum atomic E-state index is 14.1. The Morgan fingerprint density at radius 3 is 2.77 bits per heavy atom. The number of carbonyl (C=O) groups excluding carboxylic acids is 1. The Labute approximate surface area is 124 Å². The predicted octanol–water partition coefficient (Wildman–Crippen LogP) is 1.95. The van der Waals surface area contributed by atoms with Gasteiger partial charge in [0.05, 0.1) is 11.4 Å². The summed E-state index contributed by atoms with van der Waals surface area (Å²) in [4.78, 5) is 23.5. The van der Waals surface area contributed by atoms with Gasteiger partial charge in [-0.2, -0.15) is 5.10 Å². The van der Waals surface area contributed by atoms with Crippen molar-refractivity contribution in [1.82, 2.24) is 14.8 Å². The van der Waals surface area contributed by atoms with Crippen LogP contribution in [0.2, 0.25) is 0 Å². The zero-order valence-corrected chi connectivity index (χ0v) is 11.3. The number of hydrogen-bond acceptors (Lipinski definition) is 3. The first-order chi connectivity index (χ1) is 10.6. The molecular weight excluding hydrogens is 287 g/mol.